The number of hydrogen-bond acceptors (Lipinski definition) is 4. The quantitative estimate of drug-likeness (QED) is 0.794. The molecule has 106 valence electrons. The Morgan fingerprint density at radius 1 is 1.30 bits per heavy atom. The van der Waals surface area contributed by atoms with Crippen LogP contribution in [0.1, 0.15) is 5.82 Å². The van der Waals surface area contributed by atoms with Crippen molar-refractivity contribution in [1.29, 1.82) is 0 Å². The lowest BCUT2D eigenvalue weighted by Gasteiger charge is -2.12. The van der Waals surface area contributed by atoms with Gasteiger partial charge in [0.25, 0.3) is 5.56 Å². The van der Waals surface area contributed by atoms with Gasteiger partial charge in [-0.1, -0.05) is 23.7 Å². The zero-order chi connectivity index (χ0) is 14.5. The van der Waals surface area contributed by atoms with Gasteiger partial charge >= 0.3 is 0 Å². The number of aromatic nitrogens is 2. The number of rotatable bonds is 5. The first-order valence-electron chi connectivity index (χ1n) is 6.11. The van der Waals surface area contributed by atoms with Crippen molar-refractivity contribution in [2.45, 2.75) is 13.5 Å². The lowest BCUT2D eigenvalue weighted by Crippen LogP contribution is -2.25. The summed E-state index contributed by atoms with van der Waals surface area (Å²) in [4.78, 5) is 15.8. The van der Waals surface area contributed by atoms with Crippen molar-refractivity contribution in [3.63, 3.8) is 0 Å². The van der Waals surface area contributed by atoms with Crippen LogP contribution < -0.4 is 15.0 Å². The molecule has 2 aromatic rings. The van der Waals surface area contributed by atoms with E-state index in [2.05, 4.69) is 4.98 Å². The molecular weight excluding hydrogens is 280 g/mol. The second kappa shape index (κ2) is 6.43. The summed E-state index contributed by atoms with van der Waals surface area (Å²) in [6.07, 6.45) is 0. The third kappa shape index (κ3) is 3.30. The third-order valence-electron chi connectivity index (χ3n) is 2.81. The first-order valence-corrected chi connectivity index (χ1v) is 6.49. The largest absolute Gasteiger partial charge is 0.493 e. The maximum absolute atomic E-state index is 11.8. The van der Waals surface area contributed by atoms with Gasteiger partial charge in [-0.25, -0.2) is 4.98 Å². The first-order chi connectivity index (χ1) is 9.61. The van der Waals surface area contributed by atoms with Crippen LogP contribution in [0.2, 0.25) is 5.15 Å². The van der Waals surface area contributed by atoms with E-state index in [4.69, 9.17) is 21.1 Å². The predicted octanol–water partition coefficient (Wildman–Crippen LogP) is 2.29. The summed E-state index contributed by atoms with van der Waals surface area (Å²) in [5.74, 6) is 1.86. The van der Waals surface area contributed by atoms with E-state index < -0.39 is 0 Å². The summed E-state index contributed by atoms with van der Waals surface area (Å²) in [7, 11) is 1.58. The van der Waals surface area contributed by atoms with Gasteiger partial charge in [0.05, 0.1) is 13.7 Å². The van der Waals surface area contributed by atoms with Crippen LogP contribution in [0.15, 0.2) is 35.1 Å². The summed E-state index contributed by atoms with van der Waals surface area (Å²) in [6.45, 7) is 2.47. The van der Waals surface area contributed by atoms with E-state index in [-0.39, 0.29) is 10.7 Å². The maximum atomic E-state index is 11.8. The molecule has 0 spiro atoms. The number of para-hydroxylation sites is 2. The Labute approximate surface area is 121 Å². The molecule has 2 rings (SSSR count). The lowest BCUT2D eigenvalue weighted by molar-refractivity contribution is 0.276. The average Bonchev–Trinajstić information content (AvgIpc) is 2.42. The third-order valence-corrected chi connectivity index (χ3v) is 3.00. The highest BCUT2D eigenvalue weighted by Crippen LogP contribution is 2.25. The Morgan fingerprint density at radius 2 is 2.00 bits per heavy atom. The van der Waals surface area contributed by atoms with Crippen LogP contribution in [0.5, 0.6) is 11.5 Å². The van der Waals surface area contributed by atoms with Gasteiger partial charge in [0.1, 0.15) is 17.6 Å². The fourth-order valence-electron chi connectivity index (χ4n) is 1.84. The number of aryl methyl sites for hydroxylation is 1. The molecule has 0 fully saturated rings. The molecule has 0 saturated carbocycles. The molecule has 20 heavy (non-hydrogen) atoms. The summed E-state index contributed by atoms with van der Waals surface area (Å²) in [6, 6.07) is 8.64. The Balaban J connectivity index is 2.05. The van der Waals surface area contributed by atoms with Gasteiger partial charge in [0, 0.05) is 6.07 Å². The maximum Gasteiger partial charge on any atom is 0.255 e. The monoisotopic (exact) mass is 294 g/mol. The summed E-state index contributed by atoms with van der Waals surface area (Å²) in [5, 5.41) is 0.203. The highest BCUT2D eigenvalue weighted by molar-refractivity contribution is 6.29. The normalized spacial score (nSPS) is 10.3. The van der Waals surface area contributed by atoms with E-state index in [0.717, 1.165) is 0 Å². The second-order valence-corrected chi connectivity index (χ2v) is 4.50. The molecule has 0 atom stereocenters. The highest BCUT2D eigenvalue weighted by Gasteiger charge is 2.06. The molecule has 0 aliphatic carbocycles. The molecular formula is C14H15ClN2O3. The molecule has 0 bridgehead atoms. The van der Waals surface area contributed by atoms with Crippen LogP contribution in [-0.2, 0) is 6.54 Å². The van der Waals surface area contributed by atoms with Gasteiger partial charge in [-0.15, -0.1) is 0 Å². The number of ether oxygens (including phenoxy) is 2. The van der Waals surface area contributed by atoms with Crippen molar-refractivity contribution in [1.82, 2.24) is 9.55 Å². The van der Waals surface area contributed by atoms with Crippen LogP contribution in [0.4, 0.5) is 0 Å². The van der Waals surface area contributed by atoms with Gasteiger partial charge in [-0.05, 0) is 19.1 Å². The van der Waals surface area contributed by atoms with Crippen molar-refractivity contribution in [3.05, 3.63) is 51.7 Å². The minimum Gasteiger partial charge on any atom is -0.493 e. The summed E-state index contributed by atoms with van der Waals surface area (Å²) in [5.41, 5.74) is -0.189. The van der Waals surface area contributed by atoms with Crippen molar-refractivity contribution in [3.8, 4) is 11.5 Å². The smallest absolute Gasteiger partial charge is 0.255 e. The first kappa shape index (κ1) is 14.4. The Morgan fingerprint density at radius 3 is 2.65 bits per heavy atom. The predicted molar refractivity (Wildman–Crippen MR) is 76.7 cm³/mol. The van der Waals surface area contributed by atoms with E-state index in [0.29, 0.717) is 30.5 Å². The SMILES string of the molecule is COc1ccccc1OCCn1c(C)nc(Cl)cc1=O. The fourth-order valence-corrected chi connectivity index (χ4v) is 2.06. The molecule has 1 heterocycles. The number of methoxy groups -OCH3 is 1. The number of nitrogens with zero attached hydrogens (tertiary/aromatic N) is 2. The van der Waals surface area contributed by atoms with E-state index >= 15 is 0 Å². The Kier molecular flexibility index (Phi) is 4.63. The topological polar surface area (TPSA) is 53.4 Å². The van der Waals surface area contributed by atoms with Crippen molar-refractivity contribution < 1.29 is 9.47 Å². The molecule has 0 aliphatic heterocycles. The Hall–Kier alpha value is -2.01. The molecule has 0 N–H and O–H groups in total. The van der Waals surface area contributed by atoms with Gasteiger partial charge in [-0.3, -0.25) is 9.36 Å². The van der Waals surface area contributed by atoms with Crippen LogP contribution in [-0.4, -0.2) is 23.3 Å². The van der Waals surface area contributed by atoms with Crippen LogP contribution >= 0.6 is 11.6 Å². The number of halogens is 1. The molecule has 0 aliphatic rings. The van der Waals surface area contributed by atoms with E-state index in [1.807, 2.05) is 24.3 Å². The van der Waals surface area contributed by atoms with Gasteiger partial charge < -0.3 is 9.47 Å². The number of hydrogen-bond donors (Lipinski definition) is 0. The lowest BCUT2D eigenvalue weighted by atomic mass is 10.3. The molecule has 1 aromatic carbocycles. The van der Waals surface area contributed by atoms with Crippen molar-refractivity contribution in [2.75, 3.05) is 13.7 Å². The molecule has 6 heteroatoms. The van der Waals surface area contributed by atoms with Gasteiger partial charge in [0.15, 0.2) is 11.5 Å². The van der Waals surface area contributed by atoms with Crippen LogP contribution in [0.25, 0.3) is 0 Å². The molecule has 0 saturated heterocycles. The van der Waals surface area contributed by atoms with E-state index in [1.165, 1.54) is 10.6 Å². The molecule has 1 aromatic heterocycles. The summed E-state index contributed by atoms with van der Waals surface area (Å²) >= 11 is 5.72. The van der Waals surface area contributed by atoms with E-state index in [9.17, 15) is 4.79 Å². The van der Waals surface area contributed by atoms with Crippen LogP contribution in [0.3, 0.4) is 0 Å². The number of benzene rings is 1. The van der Waals surface area contributed by atoms with Gasteiger partial charge in [-0.2, -0.15) is 0 Å². The van der Waals surface area contributed by atoms with Gasteiger partial charge in [0.2, 0.25) is 0 Å². The fraction of sp³-hybridized carbons (Fsp3) is 0.286. The second-order valence-electron chi connectivity index (χ2n) is 4.12. The molecule has 5 nitrogen and oxygen atoms in total. The standard InChI is InChI=1S/C14H15ClN2O3/c1-10-16-13(15)9-14(18)17(10)7-8-20-12-6-4-3-5-11(12)19-2/h3-6,9H,7-8H2,1-2H3. The van der Waals surface area contributed by atoms with E-state index in [1.54, 1.807) is 14.0 Å². The Bertz CT molecular complexity index is 655. The highest BCUT2D eigenvalue weighted by atomic mass is 35.5. The van der Waals surface area contributed by atoms with Crippen molar-refractivity contribution >= 4 is 11.6 Å². The van der Waals surface area contributed by atoms with Crippen molar-refractivity contribution in [2.24, 2.45) is 0 Å². The van der Waals surface area contributed by atoms with Crippen LogP contribution in [0, 0.1) is 6.92 Å². The summed E-state index contributed by atoms with van der Waals surface area (Å²) < 4.78 is 12.3. The molecule has 0 amide bonds. The zero-order valence-electron chi connectivity index (χ0n) is 11.3. The molecule has 0 radical (unpaired) electrons. The minimum atomic E-state index is -0.189. The molecule has 0 unspecified atom stereocenters. The average molecular weight is 295 g/mol. The minimum absolute atomic E-state index is 0.189. The zero-order valence-corrected chi connectivity index (χ0v) is 12.1.